The third-order valence-electron chi connectivity index (χ3n) is 5.17. The number of rotatable bonds is 6. The molecule has 30 heavy (non-hydrogen) atoms. The van der Waals surface area contributed by atoms with E-state index in [2.05, 4.69) is 26.4 Å². The van der Waals surface area contributed by atoms with Crippen LogP contribution in [0.4, 0.5) is 5.00 Å². The molecule has 158 valence electrons. The Labute approximate surface area is 187 Å². The average molecular weight is 491 g/mol. The summed E-state index contributed by atoms with van der Waals surface area (Å²) in [6, 6.07) is 7.72. The number of carbonyl (C=O) groups is 2. The van der Waals surface area contributed by atoms with E-state index >= 15 is 0 Å². The lowest BCUT2D eigenvalue weighted by atomic mass is 9.95. The molecule has 0 radical (unpaired) electrons. The second kappa shape index (κ2) is 9.31. The van der Waals surface area contributed by atoms with Crippen molar-refractivity contribution in [3.05, 3.63) is 50.3 Å². The smallest absolute Gasteiger partial charge is 0.341 e. The first-order chi connectivity index (χ1) is 14.6. The molecule has 2 aliphatic rings. The van der Waals surface area contributed by atoms with Crippen LogP contribution in [0.25, 0.3) is 0 Å². The number of nitrogens with one attached hydrogen (secondary N) is 1. The van der Waals surface area contributed by atoms with E-state index in [0.717, 1.165) is 53.4 Å². The van der Waals surface area contributed by atoms with E-state index in [0.29, 0.717) is 23.6 Å². The maximum atomic E-state index is 12.9. The number of hydrogen-bond acceptors (Lipinski definition) is 6. The van der Waals surface area contributed by atoms with E-state index in [1.165, 1.54) is 16.2 Å². The second-order valence-corrected chi connectivity index (χ2v) is 9.41. The van der Waals surface area contributed by atoms with Crippen LogP contribution in [0.15, 0.2) is 33.9 Å². The molecule has 2 heterocycles. The highest BCUT2D eigenvalue weighted by Crippen LogP contribution is 2.39. The molecule has 0 spiro atoms. The molecule has 1 N–H and O–H groups in total. The van der Waals surface area contributed by atoms with Crippen LogP contribution >= 0.6 is 27.3 Å². The minimum absolute atomic E-state index is 0.299. The molecule has 0 saturated heterocycles. The van der Waals surface area contributed by atoms with Crippen LogP contribution in [0.1, 0.15) is 59.0 Å². The van der Waals surface area contributed by atoms with Crippen LogP contribution in [-0.2, 0) is 27.2 Å². The minimum atomic E-state index is -0.724. The van der Waals surface area contributed by atoms with Gasteiger partial charge in [0.2, 0.25) is 6.10 Å². The van der Waals surface area contributed by atoms with Crippen molar-refractivity contribution in [2.45, 2.75) is 51.6 Å². The van der Waals surface area contributed by atoms with Crippen LogP contribution in [0.5, 0.6) is 0 Å². The zero-order valence-electron chi connectivity index (χ0n) is 16.7. The SMILES string of the molecule is CCCOC(=O)c1c(NC(=O)C2CC(c3cccc(Br)c3)=NO2)sc2c1CCCC2. The van der Waals surface area contributed by atoms with E-state index in [-0.39, 0.29) is 11.9 Å². The summed E-state index contributed by atoms with van der Waals surface area (Å²) < 4.78 is 6.33. The van der Waals surface area contributed by atoms with Gasteiger partial charge in [0, 0.05) is 21.3 Å². The third-order valence-corrected chi connectivity index (χ3v) is 6.87. The standard InChI is InChI=1S/C22H23BrN2O4S/c1-2-10-28-22(27)19-15-8-3-4-9-18(15)30-21(19)24-20(26)17-12-16(25-29-17)13-6-5-7-14(23)11-13/h5-7,11,17H,2-4,8-10,12H2,1H3,(H,24,26). The van der Waals surface area contributed by atoms with Crippen molar-refractivity contribution in [1.82, 2.24) is 0 Å². The van der Waals surface area contributed by atoms with Gasteiger partial charge in [0.15, 0.2) is 0 Å². The summed E-state index contributed by atoms with van der Waals surface area (Å²) in [5.41, 5.74) is 3.18. The van der Waals surface area contributed by atoms with Gasteiger partial charge in [0.25, 0.3) is 5.91 Å². The van der Waals surface area contributed by atoms with Gasteiger partial charge in [0.05, 0.1) is 17.9 Å². The molecule has 1 aromatic carbocycles. The predicted octanol–water partition coefficient (Wildman–Crippen LogP) is 5.09. The molecule has 1 unspecified atom stereocenters. The minimum Gasteiger partial charge on any atom is -0.462 e. The molecule has 1 atom stereocenters. The van der Waals surface area contributed by atoms with E-state index in [1.807, 2.05) is 31.2 Å². The number of ether oxygens (including phenoxy) is 1. The van der Waals surface area contributed by atoms with Crippen LogP contribution < -0.4 is 5.32 Å². The van der Waals surface area contributed by atoms with Gasteiger partial charge in [0.1, 0.15) is 5.00 Å². The summed E-state index contributed by atoms with van der Waals surface area (Å²) in [6.45, 7) is 2.33. The van der Waals surface area contributed by atoms with Crippen LogP contribution in [0.3, 0.4) is 0 Å². The van der Waals surface area contributed by atoms with E-state index in [1.54, 1.807) is 0 Å². The molecule has 6 nitrogen and oxygen atoms in total. The van der Waals surface area contributed by atoms with Crippen LogP contribution in [0, 0.1) is 0 Å². The summed E-state index contributed by atoms with van der Waals surface area (Å²) in [5.74, 6) is -0.656. The Bertz CT molecular complexity index is 1000. The average Bonchev–Trinajstić information content (AvgIpc) is 3.37. The van der Waals surface area contributed by atoms with Crippen molar-refractivity contribution in [2.75, 3.05) is 11.9 Å². The largest absolute Gasteiger partial charge is 0.462 e. The topological polar surface area (TPSA) is 77.0 Å². The lowest BCUT2D eigenvalue weighted by Gasteiger charge is -2.13. The number of aryl methyl sites for hydroxylation is 1. The Morgan fingerprint density at radius 3 is 2.97 bits per heavy atom. The number of benzene rings is 1. The highest BCUT2D eigenvalue weighted by atomic mass is 79.9. The molecular weight excluding hydrogens is 468 g/mol. The highest BCUT2D eigenvalue weighted by Gasteiger charge is 2.32. The first kappa shape index (κ1) is 21.1. The molecular formula is C22H23BrN2O4S. The normalized spacial score (nSPS) is 17.7. The number of halogens is 1. The van der Waals surface area contributed by atoms with Crippen molar-refractivity contribution in [3.8, 4) is 0 Å². The number of thiophene rings is 1. The van der Waals surface area contributed by atoms with Crippen molar-refractivity contribution in [3.63, 3.8) is 0 Å². The number of oxime groups is 1. The summed E-state index contributed by atoms with van der Waals surface area (Å²) in [6.07, 6.45) is 4.32. The lowest BCUT2D eigenvalue weighted by molar-refractivity contribution is -0.125. The number of esters is 1. The summed E-state index contributed by atoms with van der Waals surface area (Å²) in [4.78, 5) is 32.2. The zero-order chi connectivity index (χ0) is 21.1. The van der Waals surface area contributed by atoms with Gasteiger partial charge < -0.3 is 14.9 Å². The van der Waals surface area contributed by atoms with Gasteiger partial charge in [-0.15, -0.1) is 11.3 Å². The van der Waals surface area contributed by atoms with Gasteiger partial charge in [-0.25, -0.2) is 4.79 Å². The van der Waals surface area contributed by atoms with Crippen molar-refractivity contribution >= 4 is 49.9 Å². The first-order valence-corrected chi connectivity index (χ1v) is 11.8. The fourth-order valence-corrected chi connectivity index (χ4v) is 5.37. The molecule has 1 aliphatic carbocycles. The molecule has 0 fully saturated rings. The molecule has 0 saturated carbocycles. The van der Waals surface area contributed by atoms with E-state index < -0.39 is 6.10 Å². The van der Waals surface area contributed by atoms with Gasteiger partial charge in [-0.3, -0.25) is 4.79 Å². The molecule has 0 bridgehead atoms. The first-order valence-electron chi connectivity index (χ1n) is 10.2. The maximum Gasteiger partial charge on any atom is 0.341 e. The van der Waals surface area contributed by atoms with E-state index in [9.17, 15) is 9.59 Å². The van der Waals surface area contributed by atoms with Crippen LogP contribution in [0.2, 0.25) is 0 Å². The molecule has 1 amide bonds. The van der Waals surface area contributed by atoms with Crippen LogP contribution in [-0.4, -0.2) is 30.3 Å². The Morgan fingerprint density at radius 2 is 2.17 bits per heavy atom. The number of amides is 1. The Hall–Kier alpha value is -2.19. The van der Waals surface area contributed by atoms with Gasteiger partial charge >= 0.3 is 5.97 Å². The summed E-state index contributed by atoms with van der Waals surface area (Å²) in [5, 5.41) is 7.59. The number of fused-ring (bicyclic) bond motifs is 1. The van der Waals surface area contributed by atoms with Crippen molar-refractivity contribution in [1.29, 1.82) is 0 Å². The lowest BCUT2D eigenvalue weighted by Crippen LogP contribution is -2.28. The highest BCUT2D eigenvalue weighted by molar-refractivity contribution is 9.10. The predicted molar refractivity (Wildman–Crippen MR) is 120 cm³/mol. The molecule has 1 aliphatic heterocycles. The molecule has 1 aromatic heterocycles. The van der Waals surface area contributed by atoms with Crippen molar-refractivity contribution in [2.24, 2.45) is 5.16 Å². The Morgan fingerprint density at radius 1 is 1.33 bits per heavy atom. The van der Waals surface area contributed by atoms with Gasteiger partial charge in [-0.05, 0) is 49.8 Å². The molecule has 8 heteroatoms. The zero-order valence-corrected chi connectivity index (χ0v) is 19.1. The summed E-state index contributed by atoms with van der Waals surface area (Å²) in [7, 11) is 0. The molecule has 2 aromatic rings. The van der Waals surface area contributed by atoms with Gasteiger partial charge in [-0.2, -0.15) is 0 Å². The second-order valence-electron chi connectivity index (χ2n) is 7.39. The third kappa shape index (κ3) is 4.44. The fraction of sp³-hybridized carbons (Fsp3) is 0.409. The quantitative estimate of drug-likeness (QED) is 0.572. The number of nitrogens with zero attached hydrogens (tertiary/aromatic N) is 1. The maximum absolute atomic E-state index is 12.9. The Balaban J connectivity index is 1.50. The Kier molecular flexibility index (Phi) is 6.53. The number of carbonyl (C=O) groups excluding carboxylic acids is 2. The number of hydrogen-bond donors (Lipinski definition) is 1. The van der Waals surface area contributed by atoms with E-state index in [4.69, 9.17) is 9.57 Å². The summed E-state index contributed by atoms with van der Waals surface area (Å²) >= 11 is 4.93. The van der Waals surface area contributed by atoms with Gasteiger partial charge in [-0.1, -0.05) is 40.1 Å². The monoisotopic (exact) mass is 490 g/mol. The van der Waals surface area contributed by atoms with Crippen molar-refractivity contribution < 1.29 is 19.2 Å². The fourth-order valence-electron chi connectivity index (χ4n) is 3.69. The number of anilines is 1. The molecule has 4 rings (SSSR count).